The van der Waals surface area contributed by atoms with Crippen molar-refractivity contribution in [1.29, 1.82) is 0 Å². The first-order valence-corrected chi connectivity index (χ1v) is 9.19. The number of carbonyl (C=O) groups is 2. The second kappa shape index (κ2) is 9.31. The number of nitrogens with one attached hydrogen (secondary N) is 1. The Bertz CT molecular complexity index is 818. The normalized spacial score (nSPS) is 10.7. The Hall–Kier alpha value is -2.69. The molecule has 0 heterocycles. The topological polar surface area (TPSA) is 49.4 Å². The van der Waals surface area contributed by atoms with Crippen molar-refractivity contribution in [3.8, 4) is 0 Å². The molecule has 27 heavy (non-hydrogen) atoms. The summed E-state index contributed by atoms with van der Waals surface area (Å²) in [6.07, 6.45) is -0.0195. The molecule has 2 aromatic rings. The number of benzene rings is 2. The highest BCUT2D eigenvalue weighted by molar-refractivity contribution is 5.93. The Morgan fingerprint density at radius 2 is 1.81 bits per heavy atom. The van der Waals surface area contributed by atoms with Gasteiger partial charge in [0.05, 0.1) is 12.1 Å². The fourth-order valence-corrected chi connectivity index (χ4v) is 3.13. The van der Waals surface area contributed by atoms with E-state index in [1.165, 1.54) is 13.0 Å². The van der Waals surface area contributed by atoms with E-state index in [-0.39, 0.29) is 30.0 Å². The molecule has 1 N–H and O–H groups in total. The second-order valence-corrected chi connectivity index (χ2v) is 6.96. The third-order valence-electron chi connectivity index (χ3n) is 4.51. The molecule has 2 amide bonds. The number of rotatable bonds is 7. The van der Waals surface area contributed by atoms with Crippen LogP contribution >= 0.6 is 0 Å². The molecule has 0 spiro atoms. The summed E-state index contributed by atoms with van der Waals surface area (Å²) >= 11 is 0. The number of amides is 2. The van der Waals surface area contributed by atoms with Crippen LogP contribution in [0.2, 0.25) is 0 Å². The number of carbonyl (C=O) groups excluding carboxylic acids is 2. The van der Waals surface area contributed by atoms with Crippen molar-refractivity contribution in [2.75, 3.05) is 18.0 Å². The van der Waals surface area contributed by atoms with E-state index in [2.05, 4.69) is 19.2 Å². The van der Waals surface area contributed by atoms with E-state index in [1.807, 2.05) is 25.1 Å². The Morgan fingerprint density at radius 3 is 2.44 bits per heavy atom. The summed E-state index contributed by atoms with van der Waals surface area (Å²) < 4.78 is 13.7. The lowest BCUT2D eigenvalue weighted by Crippen LogP contribution is -2.39. The van der Waals surface area contributed by atoms with Gasteiger partial charge in [0.2, 0.25) is 11.8 Å². The Balaban J connectivity index is 2.05. The fourth-order valence-electron chi connectivity index (χ4n) is 3.13. The van der Waals surface area contributed by atoms with E-state index in [0.717, 1.165) is 16.8 Å². The lowest BCUT2D eigenvalue weighted by atomic mass is 9.97. The Kier molecular flexibility index (Phi) is 7.11. The molecule has 0 bridgehead atoms. The number of nitrogens with zero attached hydrogens (tertiary/aromatic N) is 1. The average molecular weight is 370 g/mol. The molecule has 2 aromatic carbocycles. The van der Waals surface area contributed by atoms with Crippen molar-refractivity contribution < 1.29 is 14.0 Å². The molecule has 0 radical (unpaired) electrons. The number of para-hydroxylation sites is 1. The molecule has 2 rings (SSSR count). The van der Waals surface area contributed by atoms with Gasteiger partial charge in [0, 0.05) is 20.0 Å². The van der Waals surface area contributed by atoms with Crippen LogP contribution in [0.1, 0.15) is 43.4 Å². The highest BCUT2D eigenvalue weighted by atomic mass is 19.1. The zero-order valence-electron chi connectivity index (χ0n) is 16.4. The van der Waals surface area contributed by atoms with Gasteiger partial charge in [-0.1, -0.05) is 50.2 Å². The number of aryl methyl sites for hydroxylation is 1. The molecule has 0 fully saturated rings. The van der Waals surface area contributed by atoms with Gasteiger partial charge in [-0.2, -0.15) is 0 Å². The maximum absolute atomic E-state index is 13.7. The highest BCUT2D eigenvalue weighted by Crippen LogP contribution is 2.30. The summed E-state index contributed by atoms with van der Waals surface area (Å²) in [7, 11) is 0. The van der Waals surface area contributed by atoms with Crippen molar-refractivity contribution in [2.24, 2.45) is 0 Å². The minimum atomic E-state index is -0.389. The minimum Gasteiger partial charge on any atom is -0.354 e. The van der Waals surface area contributed by atoms with Crippen LogP contribution in [0.5, 0.6) is 0 Å². The molecule has 0 unspecified atom stereocenters. The third kappa shape index (κ3) is 5.39. The third-order valence-corrected chi connectivity index (χ3v) is 4.51. The van der Waals surface area contributed by atoms with E-state index in [9.17, 15) is 14.0 Å². The second-order valence-electron chi connectivity index (χ2n) is 6.96. The predicted molar refractivity (Wildman–Crippen MR) is 106 cm³/mol. The summed E-state index contributed by atoms with van der Waals surface area (Å²) in [5.41, 5.74) is 3.39. The molecular formula is C22H27FN2O2. The quantitative estimate of drug-likeness (QED) is 0.802. The summed E-state index contributed by atoms with van der Waals surface area (Å²) in [6, 6.07) is 12.2. The van der Waals surface area contributed by atoms with E-state index in [0.29, 0.717) is 18.7 Å². The van der Waals surface area contributed by atoms with Crippen LogP contribution in [0.4, 0.5) is 10.1 Å². The van der Waals surface area contributed by atoms with Crippen molar-refractivity contribution in [3.63, 3.8) is 0 Å². The van der Waals surface area contributed by atoms with Gasteiger partial charge in [0.15, 0.2) is 0 Å². The van der Waals surface area contributed by atoms with Crippen LogP contribution in [0.15, 0.2) is 42.5 Å². The fraction of sp³-hybridized carbons (Fsp3) is 0.364. The summed E-state index contributed by atoms with van der Waals surface area (Å²) in [5.74, 6) is -0.455. The first-order valence-electron chi connectivity index (χ1n) is 9.19. The maximum Gasteiger partial charge on any atom is 0.224 e. The van der Waals surface area contributed by atoms with E-state index in [1.54, 1.807) is 23.1 Å². The van der Waals surface area contributed by atoms with Gasteiger partial charge in [0.25, 0.3) is 0 Å². The first-order chi connectivity index (χ1) is 12.8. The molecule has 0 aliphatic carbocycles. The van der Waals surface area contributed by atoms with Crippen LogP contribution in [-0.2, 0) is 16.0 Å². The molecule has 0 aliphatic heterocycles. The lowest BCUT2D eigenvalue weighted by molar-refractivity contribution is -0.121. The standard InChI is InChI=1S/C22H27FN2O2/c1-15(2)19-10-7-8-16(3)22(19)25(17(4)26)13-12-24-21(27)14-18-9-5-6-11-20(18)23/h5-11,15H,12-14H2,1-4H3,(H,24,27). The van der Waals surface area contributed by atoms with Gasteiger partial charge < -0.3 is 10.2 Å². The molecular weight excluding hydrogens is 343 g/mol. The summed E-state index contributed by atoms with van der Waals surface area (Å²) in [5, 5.41) is 2.78. The summed E-state index contributed by atoms with van der Waals surface area (Å²) in [4.78, 5) is 26.1. The van der Waals surface area contributed by atoms with Gasteiger partial charge in [-0.25, -0.2) is 4.39 Å². The molecule has 0 atom stereocenters. The van der Waals surface area contributed by atoms with Crippen molar-refractivity contribution >= 4 is 17.5 Å². The van der Waals surface area contributed by atoms with Crippen molar-refractivity contribution in [2.45, 2.75) is 40.0 Å². The largest absolute Gasteiger partial charge is 0.354 e. The van der Waals surface area contributed by atoms with Gasteiger partial charge in [-0.05, 0) is 35.6 Å². The van der Waals surface area contributed by atoms with E-state index >= 15 is 0 Å². The van der Waals surface area contributed by atoms with Gasteiger partial charge in [-0.3, -0.25) is 9.59 Å². The number of anilines is 1. The minimum absolute atomic E-state index is 0.0195. The van der Waals surface area contributed by atoms with E-state index < -0.39 is 0 Å². The SMILES string of the molecule is CC(=O)N(CCNC(=O)Cc1ccccc1F)c1c(C)cccc1C(C)C. The zero-order valence-corrected chi connectivity index (χ0v) is 16.4. The molecule has 0 aliphatic rings. The zero-order chi connectivity index (χ0) is 20.0. The van der Waals surface area contributed by atoms with Crippen LogP contribution in [-0.4, -0.2) is 24.9 Å². The van der Waals surface area contributed by atoms with Gasteiger partial charge in [-0.15, -0.1) is 0 Å². The molecule has 0 aromatic heterocycles. The number of hydrogen-bond donors (Lipinski definition) is 1. The smallest absolute Gasteiger partial charge is 0.224 e. The van der Waals surface area contributed by atoms with Crippen LogP contribution < -0.4 is 10.2 Å². The Morgan fingerprint density at radius 1 is 1.11 bits per heavy atom. The summed E-state index contributed by atoms with van der Waals surface area (Å²) in [6.45, 7) is 8.35. The number of hydrogen-bond acceptors (Lipinski definition) is 2. The maximum atomic E-state index is 13.7. The Labute approximate surface area is 160 Å². The molecule has 5 heteroatoms. The molecule has 0 saturated carbocycles. The van der Waals surface area contributed by atoms with Crippen LogP contribution in [0, 0.1) is 12.7 Å². The first kappa shape index (κ1) is 20.6. The average Bonchev–Trinajstić information content (AvgIpc) is 2.60. The van der Waals surface area contributed by atoms with Gasteiger partial charge in [0.1, 0.15) is 5.82 Å². The molecule has 144 valence electrons. The highest BCUT2D eigenvalue weighted by Gasteiger charge is 2.19. The lowest BCUT2D eigenvalue weighted by Gasteiger charge is -2.27. The molecule has 4 nitrogen and oxygen atoms in total. The van der Waals surface area contributed by atoms with Crippen LogP contribution in [0.3, 0.4) is 0 Å². The monoisotopic (exact) mass is 370 g/mol. The van der Waals surface area contributed by atoms with Crippen LogP contribution in [0.25, 0.3) is 0 Å². The number of halogens is 1. The van der Waals surface area contributed by atoms with Crippen molar-refractivity contribution in [1.82, 2.24) is 5.32 Å². The molecule has 0 saturated heterocycles. The van der Waals surface area contributed by atoms with E-state index in [4.69, 9.17) is 0 Å². The van der Waals surface area contributed by atoms with Gasteiger partial charge >= 0.3 is 0 Å². The van der Waals surface area contributed by atoms with Crippen molar-refractivity contribution in [3.05, 3.63) is 65.0 Å². The predicted octanol–water partition coefficient (Wildman–Crippen LogP) is 3.97.